The molecular weight excluding hydrogens is 335 g/mol. The van der Waals surface area contributed by atoms with Gasteiger partial charge in [-0.2, -0.15) is 0 Å². The molecule has 0 saturated heterocycles. The van der Waals surface area contributed by atoms with E-state index >= 15 is 0 Å². The van der Waals surface area contributed by atoms with Crippen molar-refractivity contribution in [1.82, 2.24) is 14.5 Å². The Balaban J connectivity index is 2.64. The number of halogens is 1. The van der Waals surface area contributed by atoms with E-state index in [-0.39, 0.29) is 5.97 Å². The monoisotopic (exact) mass is 346 g/mol. The third-order valence-electron chi connectivity index (χ3n) is 2.55. The maximum atomic E-state index is 11.5. The van der Waals surface area contributed by atoms with Gasteiger partial charge in [0.2, 0.25) is 0 Å². The first-order valence-corrected chi connectivity index (χ1v) is 5.98. The molecule has 2 aromatic rings. The smallest absolute Gasteiger partial charge is 0.328 e. The van der Waals surface area contributed by atoms with Crippen molar-refractivity contribution in [3.8, 4) is 0 Å². The molecule has 0 radical (unpaired) electrons. The molecule has 2 aromatic heterocycles. The number of carbonyl (C=O) groups is 1. The summed E-state index contributed by atoms with van der Waals surface area (Å²) in [6.07, 6.45) is 3.20. The van der Waals surface area contributed by atoms with Gasteiger partial charge in [-0.1, -0.05) is 0 Å². The Morgan fingerprint density at radius 2 is 2.29 bits per heavy atom. The zero-order chi connectivity index (χ0) is 12.6. The van der Waals surface area contributed by atoms with Crippen LogP contribution < -0.4 is 5.73 Å². The second-order valence-electron chi connectivity index (χ2n) is 3.54. The molecule has 1 unspecified atom stereocenters. The normalized spacial score (nSPS) is 12.6. The summed E-state index contributed by atoms with van der Waals surface area (Å²) >= 11 is 2.14. The second-order valence-corrected chi connectivity index (χ2v) is 4.70. The van der Waals surface area contributed by atoms with E-state index in [4.69, 9.17) is 10.5 Å². The maximum Gasteiger partial charge on any atom is 0.328 e. The van der Waals surface area contributed by atoms with Gasteiger partial charge >= 0.3 is 5.97 Å². The summed E-state index contributed by atoms with van der Waals surface area (Å²) in [5.74, 6) is 0.0886. The van der Waals surface area contributed by atoms with Gasteiger partial charge in [0, 0.05) is 9.77 Å². The van der Waals surface area contributed by atoms with Crippen molar-refractivity contribution in [2.24, 2.45) is 0 Å². The molecule has 2 heterocycles. The summed E-state index contributed by atoms with van der Waals surface area (Å²) in [5, 5.41) is 0.767. The molecule has 2 N–H and O–H groups in total. The Bertz CT molecular complexity index is 581. The zero-order valence-electron chi connectivity index (χ0n) is 9.35. The minimum atomic E-state index is -0.444. The molecular formula is C10H11IN4O2. The Labute approximate surface area is 111 Å². The number of methoxy groups -OCH3 is 1. The number of nitrogens with zero attached hydrogens (tertiary/aromatic N) is 3. The number of aromatic nitrogens is 3. The highest BCUT2D eigenvalue weighted by Gasteiger charge is 2.20. The van der Waals surface area contributed by atoms with Crippen molar-refractivity contribution in [2.45, 2.75) is 13.0 Å². The van der Waals surface area contributed by atoms with E-state index < -0.39 is 6.04 Å². The molecule has 17 heavy (non-hydrogen) atoms. The number of carbonyl (C=O) groups excluding carboxylic acids is 1. The number of ether oxygens (including phenoxy) is 1. The van der Waals surface area contributed by atoms with Crippen LogP contribution in [-0.2, 0) is 9.53 Å². The van der Waals surface area contributed by atoms with Crippen LogP contribution in [0.2, 0.25) is 0 Å². The number of esters is 1. The van der Waals surface area contributed by atoms with E-state index in [1.54, 1.807) is 11.5 Å². The van der Waals surface area contributed by atoms with Gasteiger partial charge in [0.05, 0.1) is 12.5 Å². The number of hydrogen-bond donors (Lipinski definition) is 1. The SMILES string of the molecule is COC(=O)C(C)n1cc(I)c2c(N)ncnc21. The molecule has 0 aromatic carbocycles. The van der Waals surface area contributed by atoms with Crippen molar-refractivity contribution in [3.63, 3.8) is 0 Å². The van der Waals surface area contributed by atoms with Gasteiger partial charge in [-0.3, -0.25) is 0 Å². The van der Waals surface area contributed by atoms with Crippen LogP contribution in [0.3, 0.4) is 0 Å². The molecule has 2 rings (SSSR count). The molecule has 0 fully saturated rings. The summed E-state index contributed by atoms with van der Waals surface area (Å²) in [7, 11) is 1.36. The predicted molar refractivity (Wildman–Crippen MR) is 71.4 cm³/mol. The molecule has 0 aliphatic rings. The number of rotatable bonds is 2. The van der Waals surface area contributed by atoms with E-state index in [0.717, 1.165) is 8.96 Å². The van der Waals surface area contributed by atoms with E-state index in [9.17, 15) is 4.79 Å². The van der Waals surface area contributed by atoms with Gasteiger partial charge in [-0.05, 0) is 29.5 Å². The first-order chi connectivity index (χ1) is 8.06. The van der Waals surface area contributed by atoms with Crippen LogP contribution >= 0.6 is 22.6 Å². The average molecular weight is 346 g/mol. The highest BCUT2D eigenvalue weighted by molar-refractivity contribution is 14.1. The second kappa shape index (κ2) is 4.47. The Kier molecular flexibility index (Phi) is 3.18. The average Bonchev–Trinajstić information content (AvgIpc) is 2.66. The van der Waals surface area contributed by atoms with Crippen LogP contribution in [0.4, 0.5) is 5.82 Å². The molecule has 6 nitrogen and oxygen atoms in total. The van der Waals surface area contributed by atoms with Crippen molar-refractivity contribution >= 4 is 45.4 Å². The van der Waals surface area contributed by atoms with Crippen LogP contribution in [0.15, 0.2) is 12.5 Å². The summed E-state index contributed by atoms with van der Waals surface area (Å²) in [6, 6.07) is -0.444. The van der Waals surface area contributed by atoms with Crippen molar-refractivity contribution in [2.75, 3.05) is 12.8 Å². The number of nitrogens with two attached hydrogens (primary N) is 1. The first kappa shape index (κ1) is 12.1. The lowest BCUT2D eigenvalue weighted by atomic mass is 10.3. The van der Waals surface area contributed by atoms with Gasteiger partial charge in [-0.15, -0.1) is 0 Å². The van der Waals surface area contributed by atoms with E-state index in [1.165, 1.54) is 13.4 Å². The lowest BCUT2D eigenvalue weighted by Gasteiger charge is -2.11. The molecule has 7 heteroatoms. The van der Waals surface area contributed by atoms with Crippen molar-refractivity contribution < 1.29 is 9.53 Å². The predicted octanol–water partition coefficient (Wildman–Crippen LogP) is 1.35. The van der Waals surface area contributed by atoms with Crippen molar-refractivity contribution in [3.05, 3.63) is 16.1 Å². The zero-order valence-corrected chi connectivity index (χ0v) is 11.5. The maximum absolute atomic E-state index is 11.5. The molecule has 0 aliphatic heterocycles. The lowest BCUT2D eigenvalue weighted by molar-refractivity contribution is -0.143. The van der Waals surface area contributed by atoms with Crippen LogP contribution in [0.25, 0.3) is 11.0 Å². The fourth-order valence-corrected chi connectivity index (χ4v) is 2.46. The molecule has 0 aliphatic carbocycles. The third kappa shape index (κ3) is 1.94. The van der Waals surface area contributed by atoms with Crippen LogP contribution in [0, 0.1) is 3.57 Å². The van der Waals surface area contributed by atoms with Gasteiger partial charge in [0.25, 0.3) is 0 Å². The van der Waals surface area contributed by atoms with Crippen molar-refractivity contribution in [1.29, 1.82) is 0 Å². The Morgan fingerprint density at radius 3 is 2.94 bits per heavy atom. The fraction of sp³-hybridized carbons (Fsp3) is 0.300. The fourth-order valence-electron chi connectivity index (χ4n) is 1.64. The van der Waals surface area contributed by atoms with Crippen LogP contribution in [-0.4, -0.2) is 27.6 Å². The molecule has 0 spiro atoms. The van der Waals surface area contributed by atoms with Gasteiger partial charge in [-0.25, -0.2) is 14.8 Å². The number of hydrogen-bond acceptors (Lipinski definition) is 5. The number of anilines is 1. The molecule has 90 valence electrons. The van der Waals surface area contributed by atoms with Gasteiger partial charge in [0.15, 0.2) is 0 Å². The van der Waals surface area contributed by atoms with E-state index in [1.807, 2.05) is 6.20 Å². The molecule has 0 saturated carbocycles. The number of fused-ring (bicyclic) bond motifs is 1. The Hall–Kier alpha value is -1.38. The summed E-state index contributed by atoms with van der Waals surface area (Å²) in [5.41, 5.74) is 6.43. The lowest BCUT2D eigenvalue weighted by Crippen LogP contribution is -2.17. The minimum absolute atomic E-state index is 0.324. The minimum Gasteiger partial charge on any atom is -0.467 e. The Morgan fingerprint density at radius 1 is 1.59 bits per heavy atom. The number of nitrogen functional groups attached to an aromatic ring is 1. The standard InChI is InChI=1S/C10H11IN4O2/c1-5(10(16)17-2)15-3-6(11)7-8(12)13-4-14-9(7)15/h3-5H,1-2H3,(H2,12,13,14). The molecule has 0 bridgehead atoms. The highest BCUT2D eigenvalue weighted by Crippen LogP contribution is 2.27. The topological polar surface area (TPSA) is 83.0 Å². The molecule has 1 atom stereocenters. The molecule has 0 amide bonds. The third-order valence-corrected chi connectivity index (χ3v) is 3.37. The van der Waals surface area contributed by atoms with Crippen LogP contribution in [0.5, 0.6) is 0 Å². The highest BCUT2D eigenvalue weighted by atomic mass is 127. The first-order valence-electron chi connectivity index (χ1n) is 4.90. The van der Waals surface area contributed by atoms with Gasteiger partial charge in [0.1, 0.15) is 23.8 Å². The quantitative estimate of drug-likeness (QED) is 0.656. The summed E-state index contributed by atoms with van der Waals surface area (Å²) in [6.45, 7) is 1.75. The van der Waals surface area contributed by atoms with E-state index in [2.05, 4.69) is 32.6 Å². The van der Waals surface area contributed by atoms with E-state index in [0.29, 0.717) is 11.5 Å². The van der Waals surface area contributed by atoms with Crippen LogP contribution in [0.1, 0.15) is 13.0 Å². The summed E-state index contributed by atoms with van der Waals surface area (Å²) < 4.78 is 7.36. The van der Waals surface area contributed by atoms with Gasteiger partial charge < -0.3 is 15.0 Å². The summed E-state index contributed by atoms with van der Waals surface area (Å²) in [4.78, 5) is 19.6. The largest absolute Gasteiger partial charge is 0.467 e.